The lowest BCUT2D eigenvalue weighted by molar-refractivity contribution is 0.157. The van der Waals surface area contributed by atoms with Crippen LogP contribution in [-0.4, -0.2) is 75.3 Å². The molecular formula is C17H34N4O. The van der Waals surface area contributed by atoms with E-state index in [2.05, 4.69) is 29.0 Å². The van der Waals surface area contributed by atoms with E-state index >= 15 is 0 Å². The van der Waals surface area contributed by atoms with E-state index in [-0.39, 0.29) is 0 Å². The van der Waals surface area contributed by atoms with Gasteiger partial charge in [-0.25, -0.2) is 0 Å². The summed E-state index contributed by atoms with van der Waals surface area (Å²) in [5.41, 5.74) is 0. The van der Waals surface area contributed by atoms with Crippen LogP contribution in [0.1, 0.15) is 33.1 Å². The van der Waals surface area contributed by atoms with Crippen molar-refractivity contribution in [2.45, 2.75) is 33.1 Å². The van der Waals surface area contributed by atoms with Crippen molar-refractivity contribution in [3.63, 3.8) is 0 Å². The third-order valence-corrected chi connectivity index (χ3v) is 4.87. The van der Waals surface area contributed by atoms with E-state index in [0.29, 0.717) is 5.92 Å². The third-order valence-electron chi connectivity index (χ3n) is 4.87. The third kappa shape index (κ3) is 5.13. The fourth-order valence-electron chi connectivity index (χ4n) is 3.63. The van der Waals surface area contributed by atoms with Gasteiger partial charge in [0.2, 0.25) is 0 Å². The maximum absolute atomic E-state index is 5.30. The lowest BCUT2D eigenvalue weighted by Crippen LogP contribution is -2.41. The summed E-state index contributed by atoms with van der Waals surface area (Å²) in [5.74, 6) is 2.48. The van der Waals surface area contributed by atoms with Crippen molar-refractivity contribution < 1.29 is 4.74 Å². The molecule has 2 heterocycles. The van der Waals surface area contributed by atoms with Crippen LogP contribution in [0.3, 0.4) is 0 Å². The fourth-order valence-corrected chi connectivity index (χ4v) is 3.63. The van der Waals surface area contributed by atoms with Crippen LogP contribution < -0.4 is 5.32 Å². The van der Waals surface area contributed by atoms with Gasteiger partial charge >= 0.3 is 0 Å². The molecule has 0 spiro atoms. The van der Waals surface area contributed by atoms with Crippen molar-refractivity contribution in [3.8, 4) is 0 Å². The Bertz CT molecular complexity index is 348. The molecule has 0 aliphatic carbocycles. The van der Waals surface area contributed by atoms with Gasteiger partial charge in [0.05, 0.1) is 6.61 Å². The average molecular weight is 310 g/mol. The number of methoxy groups -OCH3 is 1. The Morgan fingerprint density at radius 1 is 1.18 bits per heavy atom. The summed E-state index contributed by atoms with van der Waals surface area (Å²) in [6.07, 6.45) is 3.86. The van der Waals surface area contributed by atoms with Gasteiger partial charge in [-0.15, -0.1) is 0 Å². The predicted octanol–water partition coefficient (Wildman–Crippen LogP) is 1.65. The van der Waals surface area contributed by atoms with Crippen LogP contribution in [0, 0.1) is 11.8 Å². The molecule has 2 saturated heterocycles. The van der Waals surface area contributed by atoms with E-state index in [4.69, 9.17) is 9.73 Å². The lowest BCUT2D eigenvalue weighted by Gasteiger charge is -2.31. The number of piperidine rings is 1. The zero-order chi connectivity index (χ0) is 15.8. The summed E-state index contributed by atoms with van der Waals surface area (Å²) < 4.78 is 5.30. The first kappa shape index (κ1) is 17.5. The van der Waals surface area contributed by atoms with Crippen molar-refractivity contribution in [3.05, 3.63) is 0 Å². The van der Waals surface area contributed by atoms with Crippen molar-refractivity contribution in [1.29, 1.82) is 0 Å². The number of hydrogen-bond acceptors (Lipinski definition) is 3. The van der Waals surface area contributed by atoms with Crippen LogP contribution in [-0.2, 0) is 4.74 Å². The molecule has 0 aromatic heterocycles. The van der Waals surface area contributed by atoms with Crippen LogP contribution in [0.2, 0.25) is 0 Å². The second-order valence-electron chi connectivity index (χ2n) is 6.65. The molecule has 2 aliphatic heterocycles. The van der Waals surface area contributed by atoms with Crippen LogP contribution >= 0.6 is 0 Å². The molecule has 2 atom stereocenters. The maximum atomic E-state index is 5.30. The standard InChI is InChI=1S/C17H34N4O/c1-4-18-17(21-10-8-16(13-21)14-22-3)19-11-15-7-6-9-20(5-2)12-15/h15-16H,4-14H2,1-3H3,(H,18,19). The second-order valence-corrected chi connectivity index (χ2v) is 6.65. The summed E-state index contributed by atoms with van der Waals surface area (Å²) >= 11 is 0. The molecule has 2 unspecified atom stereocenters. The van der Waals surface area contributed by atoms with Crippen molar-refractivity contribution in [1.82, 2.24) is 15.1 Å². The topological polar surface area (TPSA) is 40.1 Å². The van der Waals surface area contributed by atoms with Crippen molar-refractivity contribution >= 4 is 5.96 Å². The molecule has 0 amide bonds. The molecule has 5 nitrogen and oxygen atoms in total. The average Bonchev–Trinajstić information content (AvgIpc) is 3.00. The molecule has 5 heteroatoms. The van der Waals surface area contributed by atoms with Gasteiger partial charge in [0.15, 0.2) is 5.96 Å². The quantitative estimate of drug-likeness (QED) is 0.598. The molecular weight excluding hydrogens is 276 g/mol. The monoisotopic (exact) mass is 310 g/mol. The van der Waals surface area contributed by atoms with Crippen LogP contribution in [0.4, 0.5) is 0 Å². The molecule has 128 valence electrons. The van der Waals surface area contributed by atoms with Crippen molar-refractivity contribution in [2.24, 2.45) is 16.8 Å². The summed E-state index contributed by atoms with van der Waals surface area (Å²) in [5, 5.41) is 3.47. The van der Waals surface area contributed by atoms with Crippen LogP contribution in [0.25, 0.3) is 0 Å². The Balaban J connectivity index is 1.87. The zero-order valence-corrected chi connectivity index (χ0v) is 14.7. The number of nitrogens with one attached hydrogen (secondary N) is 1. The normalized spacial score (nSPS) is 27.4. The fraction of sp³-hybridized carbons (Fsp3) is 0.941. The Hall–Kier alpha value is -0.810. The van der Waals surface area contributed by atoms with E-state index in [1.54, 1.807) is 7.11 Å². The van der Waals surface area contributed by atoms with E-state index in [0.717, 1.165) is 44.7 Å². The predicted molar refractivity (Wildman–Crippen MR) is 92.4 cm³/mol. The minimum absolute atomic E-state index is 0.652. The first-order valence-corrected chi connectivity index (χ1v) is 9.01. The van der Waals surface area contributed by atoms with Gasteiger partial charge in [0.1, 0.15) is 0 Å². The van der Waals surface area contributed by atoms with Gasteiger partial charge in [-0.3, -0.25) is 4.99 Å². The number of likely N-dealkylation sites (tertiary alicyclic amines) is 2. The molecule has 1 N–H and O–H groups in total. The zero-order valence-electron chi connectivity index (χ0n) is 14.7. The summed E-state index contributed by atoms with van der Waals surface area (Å²) in [4.78, 5) is 9.91. The van der Waals surface area contributed by atoms with E-state index in [1.165, 1.54) is 38.9 Å². The van der Waals surface area contributed by atoms with E-state index in [9.17, 15) is 0 Å². The number of aliphatic imine (C=N–C) groups is 1. The Kier molecular flexibility index (Phi) is 7.46. The van der Waals surface area contributed by atoms with E-state index < -0.39 is 0 Å². The maximum Gasteiger partial charge on any atom is 0.193 e. The number of ether oxygens (including phenoxy) is 1. The summed E-state index contributed by atoms with van der Waals surface area (Å²) in [7, 11) is 1.80. The molecule has 2 fully saturated rings. The minimum Gasteiger partial charge on any atom is -0.384 e. The van der Waals surface area contributed by atoms with Gasteiger partial charge < -0.3 is 19.9 Å². The van der Waals surface area contributed by atoms with Crippen molar-refractivity contribution in [2.75, 3.05) is 59.5 Å². The lowest BCUT2D eigenvalue weighted by atomic mass is 9.98. The number of guanidine groups is 1. The number of rotatable bonds is 6. The first-order valence-electron chi connectivity index (χ1n) is 9.01. The smallest absolute Gasteiger partial charge is 0.193 e. The molecule has 0 aromatic rings. The van der Waals surface area contributed by atoms with Gasteiger partial charge in [0.25, 0.3) is 0 Å². The van der Waals surface area contributed by atoms with E-state index in [1.807, 2.05) is 0 Å². The highest BCUT2D eigenvalue weighted by Crippen LogP contribution is 2.18. The minimum atomic E-state index is 0.652. The highest BCUT2D eigenvalue weighted by Gasteiger charge is 2.25. The largest absolute Gasteiger partial charge is 0.384 e. The first-order chi connectivity index (χ1) is 10.8. The Labute approximate surface area is 136 Å². The molecule has 0 bridgehead atoms. The van der Waals surface area contributed by atoms with Crippen LogP contribution in [0.5, 0.6) is 0 Å². The second kappa shape index (κ2) is 9.36. The Morgan fingerprint density at radius 3 is 2.77 bits per heavy atom. The number of nitrogens with zero attached hydrogens (tertiary/aromatic N) is 3. The highest BCUT2D eigenvalue weighted by atomic mass is 16.5. The molecule has 0 radical (unpaired) electrons. The SMILES string of the molecule is CCNC(=NCC1CCCN(CC)C1)N1CCC(COC)C1. The summed E-state index contributed by atoms with van der Waals surface area (Å²) in [6.45, 7) is 13.0. The van der Waals surface area contributed by atoms with Gasteiger partial charge in [-0.05, 0) is 45.2 Å². The molecule has 0 aromatic carbocycles. The van der Waals surface area contributed by atoms with Crippen LogP contribution in [0.15, 0.2) is 4.99 Å². The molecule has 22 heavy (non-hydrogen) atoms. The van der Waals surface area contributed by atoms with Gasteiger partial charge in [-0.2, -0.15) is 0 Å². The molecule has 2 aliphatic rings. The van der Waals surface area contributed by atoms with Gasteiger partial charge in [-0.1, -0.05) is 6.92 Å². The molecule has 0 saturated carbocycles. The number of hydrogen-bond donors (Lipinski definition) is 1. The summed E-state index contributed by atoms with van der Waals surface area (Å²) in [6, 6.07) is 0. The van der Waals surface area contributed by atoms with Gasteiger partial charge in [0, 0.05) is 45.8 Å². The molecule has 2 rings (SSSR count). The Morgan fingerprint density at radius 2 is 2.05 bits per heavy atom. The highest BCUT2D eigenvalue weighted by molar-refractivity contribution is 5.80.